The molecule has 0 aliphatic carbocycles. The number of benzene rings is 1. The second-order valence-electron chi connectivity index (χ2n) is 6.93. The molecule has 0 spiro atoms. The fourth-order valence-corrected chi connectivity index (χ4v) is 2.60. The molecule has 0 amide bonds. The van der Waals surface area contributed by atoms with Crippen LogP contribution < -0.4 is 4.74 Å². The van der Waals surface area contributed by atoms with Crippen molar-refractivity contribution in [3.63, 3.8) is 0 Å². The van der Waals surface area contributed by atoms with Crippen molar-refractivity contribution in [2.24, 2.45) is 0 Å². The molecule has 7 nitrogen and oxygen atoms in total. The molecule has 1 aliphatic rings. The van der Waals surface area contributed by atoms with E-state index >= 15 is 0 Å². The van der Waals surface area contributed by atoms with E-state index in [1.807, 2.05) is 25.7 Å². The lowest BCUT2D eigenvalue weighted by Gasteiger charge is -2.32. The Morgan fingerprint density at radius 3 is 2.58 bits per heavy atom. The molecule has 0 saturated carbocycles. The van der Waals surface area contributed by atoms with Crippen molar-refractivity contribution < 1.29 is 19.2 Å². The predicted molar refractivity (Wildman–Crippen MR) is 89.0 cm³/mol. The standard InChI is InChI=1S/C17H24N2O5/c1-17(2,3)24-16(20)12-18-9-7-14(8-10-18)23-15-6-4-5-13(11-15)19(21)22/h4-6,11,14H,7-10,12H2,1-3H3. The predicted octanol–water partition coefficient (Wildman–Crippen LogP) is 2.78. The lowest BCUT2D eigenvalue weighted by molar-refractivity contribution is -0.385. The van der Waals surface area contributed by atoms with Gasteiger partial charge in [-0.1, -0.05) is 6.07 Å². The third-order valence-corrected chi connectivity index (χ3v) is 3.64. The van der Waals surface area contributed by atoms with Crippen LogP contribution in [0.25, 0.3) is 0 Å². The van der Waals surface area contributed by atoms with Gasteiger partial charge in [0, 0.05) is 19.2 Å². The molecule has 1 heterocycles. The van der Waals surface area contributed by atoms with Gasteiger partial charge in [-0.2, -0.15) is 0 Å². The number of nitrogens with zero attached hydrogens (tertiary/aromatic N) is 2. The van der Waals surface area contributed by atoms with E-state index < -0.39 is 10.5 Å². The highest BCUT2D eigenvalue weighted by atomic mass is 16.6. The van der Waals surface area contributed by atoms with E-state index in [9.17, 15) is 14.9 Å². The minimum Gasteiger partial charge on any atom is -0.490 e. The van der Waals surface area contributed by atoms with Gasteiger partial charge in [-0.15, -0.1) is 0 Å². The van der Waals surface area contributed by atoms with Crippen LogP contribution in [0.3, 0.4) is 0 Å². The van der Waals surface area contributed by atoms with Gasteiger partial charge in [0.15, 0.2) is 0 Å². The zero-order valence-electron chi connectivity index (χ0n) is 14.4. The summed E-state index contributed by atoms with van der Waals surface area (Å²) in [5.41, 5.74) is -0.449. The number of hydrogen-bond acceptors (Lipinski definition) is 6. The van der Waals surface area contributed by atoms with Gasteiger partial charge in [-0.25, -0.2) is 0 Å². The Balaban J connectivity index is 1.80. The molecular formula is C17H24N2O5. The average molecular weight is 336 g/mol. The third kappa shape index (κ3) is 5.81. The van der Waals surface area contributed by atoms with Crippen molar-refractivity contribution in [2.75, 3.05) is 19.6 Å². The molecule has 0 atom stereocenters. The smallest absolute Gasteiger partial charge is 0.320 e. The number of rotatable bonds is 5. The number of nitro groups is 1. The Morgan fingerprint density at radius 2 is 2.00 bits per heavy atom. The summed E-state index contributed by atoms with van der Waals surface area (Å²) in [7, 11) is 0. The largest absolute Gasteiger partial charge is 0.490 e. The highest BCUT2D eigenvalue weighted by Gasteiger charge is 2.24. The first-order chi connectivity index (χ1) is 11.2. The van der Waals surface area contributed by atoms with E-state index in [-0.39, 0.29) is 24.3 Å². The van der Waals surface area contributed by atoms with Crippen molar-refractivity contribution in [3.05, 3.63) is 34.4 Å². The number of likely N-dealkylation sites (tertiary alicyclic amines) is 1. The van der Waals surface area contributed by atoms with E-state index in [0.29, 0.717) is 5.75 Å². The minimum atomic E-state index is -0.472. The Morgan fingerprint density at radius 1 is 1.33 bits per heavy atom. The van der Waals surface area contributed by atoms with Crippen molar-refractivity contribution in [1.29, 1.82) is 0 Å². The maximum absolute atomic E-state index is 11.8. The molecule has 7 heteroatoms. The zero-order valence-corrected chi connectivity index (χ0v) is 14.4. The van der Waals surface area contributed by atoms with Crippen molar-refractivity contribution in [2.45, 2.75) is 45.3 Å². The molecule has 0 N–H and O–H groups in total. The fourth-order valence-electron chi connectivity index (χ4n) is 2.60. The Hall–Kier alpha value is -2.15. The van der Waals surface area contributed by atoms with Crippen molar-refractivity contribution in [1.82, 2.24) is 4.90 Å². The van der Waals surface area contributed by atoms with E-state index in [4.69, 9.17) is 9.47 Å². The summed E-state index contributed by atoms with van der Waals surface area (Å²) in [6.07, 6.45) is 1.54. The van der Waals surface area contributed by atoms with Gasteiger partial charge >= 0.3 is 5.97 Å². The van der Waals surface area contributed by atoms with Gasteiger partial charge in [0.25, 0.3) is 5.69 Å². The SMILES string of the molecule is CC(C)(C)OC(=O)CN1CCC(Oc2cccc([N+](=O)[O-])c2)CC1. The maximum atomic E-state index is 11.8. The van der Waals surface area contributed by atoms with Crippen molar-refractivity contribution >= 4 is 11.7 Å². The summed E-state index contributed by atoms with van der Waals surface area (Å²) < 4.78 is 11.2. The normalized spacial score (nSPS) is 16.6. The van der Waals surface area contributed by atoms with Crippen LogP contribution in [0.5, 0.6) is 5.75 Å². The van der Waals surface area contributed by atoms with Gasteiger partial charge in [-0.05, 0) is 39.7 Å². The highest BCUT2D eigenvalue weighted by Crippen LogP contribution is 2.23. The molecule has 1 fully saturated rings. The number of nitro benzene ring substituents is 1. The summed E-state index contributed by atoms with van der Waals surface area (Å²) in [5, 5.41) is 10.8. The number of non-ortho nitro benzene ring substituents is 1. The second kappa shape index (κ2) is 7.61. The van der Waals surface area contributed by atoms with Gasteiger partial charge in [0.05, 0.1) is 17.5 Å². The van der Waals surface area contributed by atoms with Crippen LogP contribution in [0.15, 0.2) is 24.3 Å². The van der Waals surface area contributed by atoms with Crippen LogP contribution in [0.2, 0.25) is 0 Å². The molecule has 1 aromatic carbocycles. The molecule has 0 radical (unpaired) electrons. The monoisotopic (exact) mass is 336 g/mol. The molecule has 0 unspecified atom stereocenters. The molecule has 132 valence electrons. The molecule has 0 bridgehead atoms. The van der Waals surface area contributed by atoms with E-state index in [0.717, 1.165) is 25.9 Å². The molecular weight excluding hydrogens is 312 g/mol. The summed E-state index contributed by atoms with van der Waals surface area (Å²) in [4.78, 5) is 24.2. The van der Waals surface area contributed by atoms with E-state index in [1.54, 1.807) is 12.1 Å². The summed E-state index contributed by atoms with van der Waals surface area (Å²) >= 11 is 0. The quantitative estimate of drug-likeness (QED) is 0.467. The van der Waals surface area contributed by atoms with Gasteiger partial charge in [-0.3, -0.25) is 19.8 Å². The first-order valence-corrected chi connectivity index (χ1v) is 8.08. The summed E-state index contributed by atoms with van der Waals surface area (Å²) in [6.45, 7) is 7.30. The molecule has 1 saturated heterocycles. The number of carbonyl (C=O) groups excluding carboxylic acids is 1. The number of hydrogen-bond donors (Lipinski definition) is 0. The zero-order chi connectivity index (χ0) is 17.7. The maximum Gasteiger partial charge on any atom is 0.320 e. The van der Waals surface area contributed by atoms with Crippen LogP contribution in [0.1, 0.15) is 33.6 Å². The number of carbonyl (C=O) groups is 1. The van der Waals surface area contributed by atoms with E-state index in [2.05, 4.69) is 0 Å². The minimum absolute atomic E-state index is 0.00175. The fraction of sp³-hybridized carbons (Fsp3) is 0.588. The molecule has 1 aliphatic heterocycles. The van der Waals surface area contributed by atoms with Gasteiger partial charge in [0.2, 0.25) is 0 Å². The lowest BCUT2D eigenvalue weighted by atomic mass is 10.1. The van der Waals surface area contributed by atoms with Crippen LogP contribution >= 0.6 is 0 Å². The molecule has 0 aromatic heterocycles. The first-order valence-electron chi connectivity index (χ1n) is 8.08. The molecule has 1 aromatic rings. The summed E-state index contributed by atoms with van der Waals surface area (Å²) in [5.74, 6) is 0.287. The Labute approximate surface area is 141 Å². The Bertz CT molecular complexity index is 589. The third-order valence-electron chi connectivity index (χ3n) is 3.64. The average Bonchev–Trinajstić information content (AvgIpc) is 2.47. The van der Waals surface area contributed by atoms with Crippen LogP contribution in [0.4, 0.5) is 5.69 Å². The number of ether oxygens (including phenoxy) is 2. The molecule has 24 heavy (non-hydrogen) atoms. The highest BCUT2D eigenvalue weighted by molar-refractivity contribution is 5.72. The Kier molecular flexibility index (Phi) is 5.77. The van der Waals surface area contributed by atoms with E-state index in [1.165, 1.54) is 12.1 Å². The van der Waals surface area contributed by atoms with Crippen LogP contribution in [-0.2, 0) is 9.53 Å². The van der Waals surface area contributed by atoms with Crippen molar-refractivity contribution in [3.8, 4) is 5.75 Å². The first kappa shape index (κ1) is 18.2. The van der Waals surface area contributed by atoms with Gasteiger partial charge in [0.1, 0.15) is 17.5 Å². The molecule has 2 rings (SSSR count). The number of esters is 1. The lowest BCUT2D eigenvalue weighted by Crippen LogP contribution is -2.42. The topological polar surface area (TPSA) is 81.9 Å². The summed E-state index contributed by atoms with van der Waals surface area (Å²) in [6, 6.07) is 6.22. The second-order valence-corrected chi connectivity index (χ2v) is 6.93. The number of piperidine rings is 1. The van der Waals surface area contributed by atoms with Gasteiger partial charge < -0.3 is 9.47 Å². The van der Waals surface area contributed by atoms with Crippen LogP contribution in [-0.4, -0.2) is 47.1 Å². The van der Waals surface area contributed by atoms with Crippen LogP contribution in [0, 0.1) is 10.1 Å².